The van der Waals surface area contributed by atoms with Crippen molar-refractivity contribution in [2.24, 2.45) is 0 Å². The zero-order valence-electron chi connectivity index (χ0n) is 7.51. The number of halogens is 3. The van der Waals surface area contributed by atoms with Crippen LogP contribution < -0.4 is 5.56 Å². The minimum Gasteiger partial charge on any atom is -0.465 e. The molecule has 0 aliphatic carbocycles. The van der Waals surface area contributed by atoms with Gasteiger partial charge in [-0.25, -0.2) is 13.6 Å². The molecule has 0 saturated heterocycles. The standard InChI is InChI=1S/C8H6ClF2NO3/c1-15-8(14)3-2-4(9)12-7(13)5(3)6(10)11/h2,6H,1H3,(H,12,13). The molecule has 7 heteroatoms. The van der Waals surface area contributed by atoms with Gasteiger partial charge >= 0.3 is 5.97 Å². The van der Waals surface area contributed by atoms with E-state index in [1.54, 1.807) is 0 Å². The van der Waals surface area contributed by atoms with E-state index < -0.39 is 29.1 Å². The van der Waals surface area contributed by atoms with E-state index in [0.717, 1.165) is 13.2 Å². The molecule has 0 atom stereocenters. The number of esters is 1. The second-order valence-corrected chi connectivity index (χ2v) is 2.97. The topological polar surface area (TPSA) is 59.2 Å². The molecule has 0 saturated carbocycles. The second kappa shape index (κ2) is 4.39. The lowest BCUT2D eigenvalue weighted by atomic mass is 10.1. The van der Waals surface area contributed by atoms with Crippen molar-refractivity contribution in [3.8, 4) is 0 Å². The SMILES string of the molecule is COC(=O)c1cc(Cl)[nH]c(=O)c1C(F)F. The molecule has 0 aliphatic rings. The summed E-state index contributed by atoms with van der Waals surface area (Å²) in [6.07, 6.45) is -3.07. The molecule has 1 heterocycles. The maximum Gasteiger partial charge on any atom is 0.338 e. The molecule has 82 valence electrons. The molecule has 0 unspecified atom stereocenters. The van der Waals surface area contributed by atoms with Crippen molar-refractivity contribution in [1.29, 1.82) is 0 Å². The van der Waals surface area contributed by atoms with E-state index >= 15 is 0 Å². The van der Waals surface area contributed by atoms with E-state index in [0.29, 0.717) is 0 Å². The highest BCUT2D eigenvalue weighted by Crippen LogP contribution is 2.21. The molecule has 1 N–H and O–H groups in total. The summed E-state index contributed by atoms with van der Waals surface area (Å²) < 4.78 is 29.1. The largest absolute Gasteiger partial charge is 0.465 e. The van der Waals surface area contributed by atoms with Gasteiger partial charge in [-0.2, -0.15) is 0 Å². The predicted molar refractivity (Wildman–Crippen MR) is 48.4 cm³/mol. The summed E-state index contributed by atoms with van der Waals surface area (Å²) in [4.78, 5) is 24.1. The minimum absolute atomic E-state index is 0.204. The highest BCUT2D eigenvalue weighted by molar-refractivity contribution is 6.29. The average Bonchev–Trinajstić information content (AvgIpc) is 2.14. The summed E-state index contributed by atoms with van der Waals surface area (Å²) in [5, 5.41) is -0.204. The van der Waals surface area contributed by atoms with Crippen LogP contribution in [0.2, 0.25) is 5.15 Å². The number of carbonyl (C=O) groups is 1. The Balaban J connectivity index is 3.47. The first-order chi connectivity index (χ1) is 6.97. The molecule has 0 bridgehead atoms. The molecule has 1 rings (SSSR count). The molecular formula is C8H6ClF2NO3. The maximum atomic E-state index is 12.4. The molecular weight excluding hydrogens is 232 g/mol. The second-order valence-electron chi connectivity index (χ2n) is 2.57. The van der Waals surface area contributed by atoms with E-state index in [1.165, 1.54) is 0 Å². The van der Waals surface area contributed by atoms with Crippen LogP contribution in [-0.4, -0.2) is 18.1 Å². The normalized spacial score (nSPS) is 10.5. The number of pyridine rings is 1. The zero-order chi connectivity index (χ0) is 11.6. The van der Waals surface area contributed by atoms with Crippen LogP contribution >= 0.6 is 11.6 Å². The maximum absolute atomic E-state index is 12.4. The van der Waals surface area contributed by atoms with Crippen molar-refractivity contribution < 1.29 is 18.3 Å². The van der Waals surface area contributed by atoms with Crippen LogP contribution in [0, 0.1) is 0 Å². The number of alkyl halides is 2. The Morgan fingerprint density at radius 3 is 2.67 bits per heavy atom. The first-order valence-electron chi connectivity index (χ1n) is 3.76. The van der Waals surface area contributed by atoms with Crippen molar-refractivity contribution in [3.05, 3.63) is 32.7 Å². The average molecular weight is 238 g/mol. The number of H-pyrrole nitrogens is 1. The predicted octanol–water partition coefficient (Wildman–Crippen LogP) is 1.75. The summed E-state index contributed by atoms with van der Waals surface area (Å²) in [7, 11) is 1.02. The monoisotopic (exact) mass is 237 g/mol. The van der Waals surface area contributed by atoms with Gasteiger partial charge in [0.1, 0.15) is 5.15 Å². The van der Waals surface area contributed by atoms with Gasteiger partial charge in [-0.3, -0.25) is 4.79 Å². The molecule has 1 aromatic rings. The van der Waals surface area contributed by atoms with Crippen LogP contribution in [0.25, 0.3) is 0 Å². The van der Waals surface area contributed by atoms with Crippen LogP contribution in [0.1, 0.15) is 22.3 Å². The molecule has 1 aromatic heterocycles. The zero-order valence-corrected chi connectivity index (χ0v) is 8.27. The Labute approximate surface area is 87.8 Å². The lowest BCUT2D eigenvalue weighted by Gasteiger charge is -2.05. The van der Waals surface area contributed by atoms with Crippen molar-refractivity contribution in [3.63, 3.8) is 0 Å². The Morgan fingerprint density at radius 1 is 1.60 bits per heavy atom. The molecule has 4 nitrogen and oxygen atoms in total. The van der Waals surface area contributed by atoms with Crippen molar-refractivity contribution in [1.82, 2.24) is 4.98 Å². The lowest BCUT2D eigenvalue weighted by Crippen LogP contribution is -2.19. The van der Waals surface area contributed by atoms with Crippen molar-refractivity contribution >= 4 is 17.6 Å². The van der Waals surface area contributed by atoms with Crippen LogP contribution in [0.5, 0.6) is 0 Å². The number of hydrogen-bond acceptors (Lipinski definition) is 3. The molecule has 0 spiro atoms. The van der Waals surface area contributed by atoms with Gasteiger partial charge in [-0.05, 0) is 6.07 Å². The third-order valence-corrected chi connectivity index (χ3v) is 1.87. The van der Waals surface area contributed by atoms with E-state index in [9.17, 15) is 18.4 Å². The Bertz CT molecular complexity index is 444. The van der Waals surface area contributed by atoms with Crippen LogP contribution in [0.3, 0.4) is 0 Å². The Hall–Kier alpha value is -1.43. The van der Waals surface area contributed by atoms with E-state index in [1.807, 2.05) is 4.98 Å². The van der Waals surface area contributed by atoms with Gasteiger partial charge in [0.2, 0.25) is 0 Å². The first-order valence-corrected chi connectivity index (χ1v) is 4.14. The van der Waals surface area contributed by atoms with Crippen molar-refractivity contribution in [2.45, 2.75) is 6.43 Å². The summed E-state index contributed by atoms with van der Waals surface area (Å²) in [5.41, 5.74) is -2.56. The van der Waals surface area contributed by atoms with E-state index in [2.05, 4.69) is 4.74 Å². The summed E-state index contributed by atoms with van der Waals surface area (Å²) in [6.45, 7) is 0. The third-order valence-electron chi connectivity index (χ3n) is 1.66. The number of hydrogen-bond donors (Lipinski definition) is 1. The molecule has 0 radical (unpaired) electrons. The molecule has 0 amide bonds. The summed E-state index contributed by atoms with van der Waals surface area (Å²) in [5.74, 6) is -1.03. The van der Waals surface area contributed by atoms with Crippen LogP contribution in [-0.2, 0) is 4.74 Å². The van der Waals surface area contributed by atoms with Gasteiger partial charge in [-0.1, -0.05) is 11.6 Å². The fourth-order valence-electron chi connectivity index (χ4n) is 1.03. The molecule has 15 heavy (non-hydrogen) atoms. The van der Waals surface area contributed by atoms with E-state index in [4.69, 9.17) is 11.6 Å². The quantitative estimate of drug-likeness (QED) is 0.630. The number of aromatic amines is 1. The van der Waals surface area contributed by atoms with E-state index in [-0.39, 0.29) is 5.15 Å². The van der Waals surface area contributed by atoms with Gasteiger partial charge in [0, 0.05) is 0 Å². The van der Waals surface area contributed by atoms with Crippen LogP contribution in [0.15, 0.2) is 10.9 Å². The number of aromatic nitrogens is 1. The smallest absolute Gasteiger partial charge is 0.338 e. The highest BCUT2D eigenvalue weighted by atomic mass is 35.5. The van der Waals surface area contributed by atoms with Crippen molar-refractivity contribution in [2.75, 3.05) is 7.11 Å². The van der Waals surface area contributed by atoms with Gasteiger partial charge in [0.05, 0.1) is 18.2 Å². The Kier molecular flexibility index (Phi) is 3.41. The van der Waals surface area contributed by atoms with Gasteiger partial charge < -0.3 is 9.72 Å². The number of nitrogens with one attached hydrogen (secondary N) is 1. The minimum atomic E-state index is -3.07. The van der Waals surface area contributed by atoms with Crippen LogP contribution in [0.4, 0.5) is 8.78 Å². The van der Waals surface area contributed by atoms with Gasteiger partial charge in [-0.15, -0.1) is 0 Å². The summed E-state index contributed by atoms with van der Waals surface area (Å²) >= 11 is 5.42. The Morgan fingerprint density at radius 2 is 2.20 bits per heavy atom. The third kappa shape index (κ3) is 2.33. The number of rotatable bonds is 2. The fraction of sp³-hybridized carbons (Fsp3) is 0.250. The molecule has 0 aromatic carbocycles. The highest BCUT2D eigenvalue weighted by Gasteiger charge is 2.23. The molecule has 0 fully saturated rings. The van der Waals surface area contributed by atoms with Gasteiger partial charge in [0.25, 0.3) is 12.0 Å². The molecule has 0 aliphatic heterocycles. The summed E-state index contributed by atoms with van der Waals surface area (Å²) in [6, 6.07) is 0.927. The first kappa shape index (κ1) is 11.6. The fourth-order valence-corrected chi connectivity index (χ4v) is 1.23. The van der Waals surface area contributed by atoms with Gasteiger partial charge in [0.15, 0.2) is 0 Å². The number of carbonyl (C=O) groups excluding carboxylic acids is 1. The number of methoxy groups -OCH3 is 1. The number of ether oxygens (including phenoxy) is 1. The lowest BCUT2D eigenvalue weighted by molar-refractivity contribution is 0.0588.